The van der Waals surface area contributed by atoms with Crippen LogP contribution in [0.15, 0.2) is 52.6 Å². The molecule has 3 aromatic heterocycles. The van der Waals surface area contributed by atoms with Crippen LogP contribution in [-0.4, -0.2) is 41.2 Å². The smallest absolute Gasteiger partial charge is 0.263 e. The number of thiophene rings is 1. The van der Waals surface area contributed by atoms with E-state index in [1.807, 2.05) is 30.3 Å². The first kappa shape index (κ1) is 23.3. The number of hydrogen-bond acceptors (Lipinski definition) is 8. The maximum atomic E-state index is 13.1. The molecular formula is C26H29N5O3S. The van der Waals surface area contributed by atoms with Crippen LogP contribution in [0.3, 0.4) is 0 Å². The summed E-state index contributed by atoms with van der Waals surface area (Å²) in [5, 5.41) is 10.4. The van der Waals surface area contributed by atoms with Crippen molar-refractivity contribution in [3.8, 4) is 17.0 Å². The number of methoxy groups -OCH3 is 1. The molecule has 35 heavy (non-hydrogen) atoms. The Labute approximate surface area is 208 Å². The number of aromatic nitrogens is 3. The van der Waals surface area contributed by atoms with Crippen molar-refractivity contribution in [2.24, 2.45) is 11.8 Å². The standard InChI is InChI=1S/C26H29N5O3S/c1-16(2)22(20-5-4-14-35-20)29-25(32)18-10-12-31(13-11-18)24-21-23(30-34-26(21)28-15-27-24)17-6-8-19(33-3)9-7-17/h4-9,14-16,18,22H,10-13H2,1-3H3,(H,29,32)/t22-/m1/s1. The minimum Gasteiger partial charge on any atom is -0.497 e. The molecule has 1 atom stereocenters. The van der Waals surface area contributed by atoms with E-state index in [4.69, 9.17) is 9.26 Å². The minimum atomic E-state index is -0.0201. The summed E-state index contributed by atoms with van der Waals surface area (Å²) in [6, 6.07) is 11.9. The number of amides is 1. The second-order valence-corrected chi connectivity index (χ2v) is 10.1. The van der Waals surface area contributed by atoms with E-state index in [0.717, 1.165) is 48.4 Å². The third kappa shape index (κ3) is 4.73. The summed E-state index contributed by atoms with van der Waals surface area (Å²) in [5.74, 6) is 2.01. The number of rotatable bonds is 7. The lowest BCUT2D eigenvalue weighted by Gasteiger charge is -2.33. The molecule has 1 amide bonds. The summed E-state index contributed by atoms with van der Waals surface area (Å²) >= 11 is 1.69. The molecule has 4 heterocycles. The summed E-state index contributed by atoms with van der Waals surface area (Å²) in [6.45, 7) is 5.74. The van der Waals surface area contributed by atoms with Gasteiger partial charge in [0, 0.05) is 29.4 Å². The van der Waals surface area contributed by atoms with Gasteiger partial charge < -0.3 is 19.5 Å². The van der Waals surface area contributed by atoms with Gasteiger partial charge in [0.15, 0.2) is 0 Å². The molecule has 5 rings (SSSR count). The van der Waals surface area contributed by atoms with Gasteiger partial charge in [-0.15, -0.1) is 11.3 Å². The fourth-order valence-corrected chi connectivity index (χ4v) is 5.57. The Morgan fingerprint density at radius 1 is 1.17 bits per heavy atom. The van der Waals surface area contributed by atoms with Crippen molar-refractivity contribution >= 4 is 34.2 Å². The number of carbonyl (C=O) groups is 1. The van der Waals surface area contributed by atoms with E-state index >= 15 is 0 Å². The van der Waals surface area contributed by atoms with Gasteiger partial charge in [0.25, 0.3) is 5.71 Å². The summed E-state index contributed by atoms with van der Waals surface area (Å²) in [6.07, 6.45) is 3.03. The average Bonchev–Trinajstić information content (AvgIpc) is 3.57. The minimum absolute atomic E-state index is 0.0201. The Morgan fingerprint density at radius 2 is 1.94 bits per heavy atom. The Morgan fingerprint density at radius 3 is 2.60 bits per heavy atom. The Kier molecular flexibility index (Phi) is 6.68. The SMILES string of the molecule is COc1ccc(-c2noc3ncnc(N4CCC(C(=O)N[C@@H](c5cccs5)C(C)C)CC4)c23)cc1. The van der Waals surface area contributed by atoms with Crippen LogP contribution in [0.4, 0.5) is 5.82 Å². The second-order valence-electron chi connectivity index (χ2n) is 9.14. The number of nitrogens with one attached hydrogen (secondary N) is 1. The van der Waals surface area contributed by atoms with Crippen molar-refractivity contribution in [3.63, 3.8) is 0 Å². The normalized spacial score (nSPS) is 15.5. The summed E-state index contributed by atoms with van der Waals surface area (Å²) in [4.78, 5) is 25.4. The van der Waals surface area contributed by atoms with Crippen LogP contribution in [-0.2, 0) is 4.79 Å². The van der Waals surface area contributed by atoms with Crippen LogP contribution in [0.25, 0.3) is 22.4 Å². The molecule has 1 fully saturated rings. The van der Waals surface area contributed by atoms with Crippen LogP contribution in [0.1, 0.15) is 37.6 Å². The van der Waals surface area contributed by atoms with Crippen molar-refractivity contribution in [2.75, 3.05) is 25.1 Å². The lowest BCUT2D eigenvalue weighted by atomic mass is 9.94. The van der Waals surface area contributed by atoms with Crippen LogP contribution >= 0.6 is 11.3 Å². The fourth-order valence-electron chi connectivity index (χ4n) is 4.62. The quantitative estimate of drug-likeness (QED) is 0.385. The highest BCUT2D eigenvalue weighted by atomic mass is 32.1. The van der Waals surface area contributed by atoms with E-state index in [0.29, 0.717) is 17.3 Å². The zero-order valence-electron chi connectivity index (χ0n) is 20.1. The van der Waals surface area contributed by atoms with E-state index in [9.17, 15) is 4.79 Å². The van der Waals surface area contributed by atoms with Gasteiger partial charge in [0.1, 0.15) is 29.0 Å². The van der Waals surface area contributed by atoms with Gasteiger partial charge in [-0.1, -0.05) is 25.1 Å². The monoisotopic (exact) mass is 491 g/mol. The first-order valence-electron chi connectivity index (χ1n) is 11.9. The van der Waals surface area contributed by atoms with Crippen molar-refractivity contribution < 1.29 is 14.1 Å². The molecule has 0 unspecified atom stereocenters. The third-order valence-electron chi connectivity index (χ3n) is 6.60. The van der Waals surface area contributed by atoms with Gasteiger partial charge in [-0.3, -0.25) is 4.79 Å². The molecule has 0 aliphatic carbocycles. The largest absolute Gasteiger partial charge is 0.497 e. The van der Waals surface area contributed by atoms with Crippen LogP contribution < -0.4 is 15.0 Å². The number of carbonyl (C=O) groups excluding carboxylic acids is 1. The lowest BCUT2D eigenvalue weighted by Crippen LogP contribution is -2.42. The number of piperidine rings is 1. The van der Waals surface area contributed by atoms with E-state index in [1.54, 1.807) is 18.4 Å². The number of hydrogen-bond donors (Lipinski definition) is 1. The number of anilines is 1. The average molecular weight is 492 g/mol. The molecule has 4 aromatic rings. The molecule has 0 radical (unpaired) electrons. The Balaban J connectivity index is 1.32. The van der Waals surface area contributed by atoms with Crippen molar-refractivity contribution in [1.82, 2.24) is 20.4 Å². The molecule has 0 bridgehead atoms. The molecule has 1 saturated heterocycles. The fraction of sp³-hybridized carbons (Fsp3) is 0.385. The van der Waals surface area contributed by atoms with Crippen molar-refractivity contribution in [2.45, 2.75) is 32.7 Å². The molecule has 8 nitrogen and oxygen atoms in total. The molecule has 1 aliphatic heterocycles. The molecule has 0 saturated carbocycles. The molecule has 1 aliphatic rings. The van der Waals surface area contributed by atoms with Crippen molar-refractivity contribution in [1.29, 1.82) is 0 Å². The molecular weight excluding hydrogens is 462 g/mol. The number of nitrogens with zero attached hydrogens (tertiary/aromatic N) is 4. The first-order valence-corrected chi connectivity index (χ1v) is 12.8. The van der Waals surface area contributed by atoms with E-state index in [2.05, 4.69) is 50.6 Å². The zero-order valence-corrected chi connectivity index (χ0v) is 20.9. The highest BCUT2D eigenvalue weighted by Gasteiger charge is 2.30. The Bertz CT molecular complexity index is 1280. The summed E-state index contributed by atoms with van der Waals surface area (Å²) < 4.78 is 10.8. The molecule has 1 N–H and O–H groups in total. The topological polar surface area (TPSA) is 93.4 Å². The van der Waals surface area contributed by atoms with E-state index in [1.165, 1.54) is 11.2 Å². The van der Waals surface area contributed by atoms with Gasteiger partial charge in [-0.05, 0) is 54.5 Å². The lowest BCUT2D eigenvalue weighted by molar-refractivity contribution is -0.126. The van der Waals surface area contributed by atoms with Crippen LogP contribution in [0, 0.1) is 11.8 Å². The maximum absolute atomic E-state index is 13.1. The van der Waals surface area contributed by atoms with E-state index < -0.39 is 0 Å². The predicted octanol–water partition coefficient (Wildman–Crippen LogP) is 5.08. The van der Waals surface area contributed by atoms with Crippen molar-refractivity contribution in [3.05, 3.63) is 53.0 Å². The number of fused-ring (bicyclic) bond motifs is 1. The van der Waals surface area contributed by atoms with Gasteiger partial charge in [-0.2, -0.15) is 4.98 Å². The molecule has 182 valence electrons. The highest BCUT2D eigenvalue weighted by molar-refractivity contribution is 7.10. The maximum Gasteiger partial charge on any atom is 0.263 e. The van der Waals surface area contributed by atoms with Gasteiger partial charge in [0.2, 0.25) is 5.91 Å². The number of ether oxygens (including phenoxy) is 1. The third-order valence-corrected chi connectivity index (χ3v) is 7.55. The summed E-state index contributed by atoms with van der Waals surface area (Å²) in [7, 11) is 1.64. The Hall–Kier alpha value is -3.46. The second kappa shape index (κ2) is 10.0. The first-order chi connectivity index (χ1) is 17.0. The predicted molar refractivity (Wildman–Crippen MR) is 137 cm³/mol. The molecule has 0 spiro atoms. The van der Waals surface area contributed by atoms with Crippen LogP contribution in [0.2, 0.25) is 0 Å². The van der Waals surface area contributed by atoms with Gasteiger partial charge >= 0.3 is 0 Å². The summed E-state index contributed by atoms with van der Waals surface area (Å²) in [5.41, 5.74) is 2.06. The molecule has 9 heteroatoms. The number of benzene rings is 1. The van der Waals surface area contributed by atoms with E-state index in [-0.39, 0.29) is 17.9 Å². The van der Waals surface area contributed by atoms with Gasteiger partial charge in [-0.25, -0.2) is 4.98 Å². The molecule has 1 aromatic carbocycles. The zero-order chi connectivity index (χ0) is 24.4. The van der Waals surface area contributed by atoms with Crippen LogP contribution in [0.5, 0.6) is 5.75 Å². The van der Waals surface area contributed by atoms with Gasteiger partial charge in [0.05, 0.1) is 13.2 Å². The highest BCUT2D eigenvalue weighted by Crippen LogP contribution is 2.35.